The summed E-state index contributed by atoms with van der Waals surface area (Å²) in [5.74, 6) is -0.0513. The van der Waals surface area contributed by atoms with Crippen LogP contribution in [0.5, 0.6) is 0 Å². The predicted octanol–water partition coefficient (Wildman–Crippen LogP) is 9.55. The van der Waals surface area contributed by atoms with Gasteiger partial charge in [0.25, 0.3) is 5.91 Å². The van der Waals surface area contributed by atoms with E-state index in [1.54, 1.807) is 0 Å². The van der Waals surface area contributed by atoms with Gasteiger partial charge < -0.3 is 30.3 Å². The fourth-order valence-corrected chi connectivity index (χ4v) is 9.19. The lowest BCUT2D eigenvalue weighted by Crippen LogP contribution is -2.46. The SMILES string of the molecule is CC1CC=CN2C(=C1c1ccccc1)c1c(C(=O)Nc3ccccc3N3CCC(N4CCNC4=O)CC3)[nH]c3cc(Cl)cc(c13)C2c1ccc(Cl)cc1. The summed E-state index contributed by atoms with van der Waals surface area (Å²) in [4.78, 5) is 37.4. The van der Waals surface area contributed by atoms with E-state index < -0.39 is 0 Å². The van der Waals surface area contributed by atoms with Crippen molar-refractivity contribution in [1.29, 1.82) is 0 Å². The zero-order valence-electron chi connectivity index (χ0n) is 29.4. The number of carbonyl (C=O) groups is 2. The second-order valence-electron chi connectivity index (χ2n) is 14.4. The highest BCUT2D eigenvalue weighted by Gasteiger charge is 2.40. The van der Waals surface area contributed by atoms with Gasteiger partial charge in [-0.1, -0.05) is 90.8 Å². The van der Waals surface area contributed by atoms with Crippen molar-refractivity contribution in [3.05, 3.63) is 141 Å². The first-order valence-corrected chi connectivity index (χ1v) is 19.2. The summed E-state index contributed by atoms with van der Waals surface area (Å²) >= 11 is 13.3. The van der Waals surface area contributed by atoms with Crippen molar-refractivity contribution in [1.82, 2.24) is 20.1 Å². The highest BCUT2D eigenvalue weighted by atomic mass is 35.5. The number of H-pyrrole nitrogens is 1. The Kier molecular flexibility index (Phi) is 8.67. The van der Waals surface area contributed by atoms with Gasteiger partial charge in [-0.25, -0.2) is 4.79 Å². The number of para-hydroxylation sites is 2. The minimum Gasteiger partial charge on any atom is -0.370 e. The molecule has 2 saturated heterocycles. The number of piperidine rings is 1. The van der Waals surface area contributed by atoms with E-state index in [1.807, 2.05) is 53.4 Å². The van der Waals surface area contributed by atoms with Crippen LogP contribution in [0.2, 0.25) is 10.0 Å². The summed E-state index contributed by atoms with van der Waals surface area (Å²) in [5, 5.41) is 8.51. The number of aromatic nitrogens is 1. The highest BCUT2D eigenvalue weighted by Crippen LogP contribution is 2.53. The minimum atomic E-state index is -0.222. The molecule has 0 aliphatic carbocycles. The second-order valence-corrected chi connectivity index (χ2v) is 15.3. The van der Waals surface area contributed by atoms with Crippen LogP contribution < -0.4 is 15.5 Å². The van der Waals surface area contributed by atoms with Gasteiger partial charge in [-0.05, 0) is 83.8 Å². The maximum atomic E-state index is 14.8. The van der Waals surface area contributed by atoms with Crippen molar-refractivity contribution >= 4 is 68.7 Å². The van der Waals surface area contributed by atoms with E-state index in [1.165, 1.54) is 5.57 Å². The monoisotopic (exact) mass is 742 g/mol. The van der Waals surface area contributed by atoms with Crippen molar-refractivity contribution in [3.8, 4) is 0 Å². The number of hydrogen-bond acceptors (Lipinski definition) is 4. The molecule has 2 fully saturated rings. The van der Waals surface area contributed by atoms with Crippen molar-refractivity contribution in [2.24, 2.45) is 5.92 Å². The quantitative estimate of drug-likeness (QED) is 0.162. The molecule has 0 saturated carbocycles. The van der Waals surface area contributed by atoms with Crippen LogP contribution in [0.4, 0.5) is 16.2 Å². The minimum absolute atomic E-state index is 0.0324. The summed E-state index contributed by atoms with van der Waals surface area (Å²) in [6, 6.07) is 30.5. The molecule has 4 aromatic carbocycles. The maximum Gasteiger partial charge on any atom is 0.317 e. The van der Waals surface area contributed by atoms with Crippen LogP contribution in [0, 0.1) is 5.92 Å². The van der Waals surface area contributed by atoms with Gasteiger partial charge in [-0.3, -0.25) is 4.79 Å². The number of allylic oxidation sites excluding steroid dienone is 2. The van der Waals surface area contributed by atoms with Gasteiger partial charge >= 0.3 is 6.03 Å². The molecule has 3 N–H and O–H groups in total. The lowest BCUT2D eigenvalue weighted by atomic mass is 9.82. The smallest absolute Gasteiger partial charge is 0.317 e. The van der Waals surface area contributed by atoms with Crippen LogP contribution in [-0.4, -0.2) is 58.9 Å². The van der Waals surface area contributed by atoms with E-state index in [4.69, 9.17) is 23.2 Å². The van der Waals surface area contributed by atoms with Crippen LogP contribution in [-0.2, 0) is 0 Å². The van der Waals surface area contributed by atoms with Crippen LogP contribution in [0.1, 0.15) is 65.0 Å². The van der Waals surface area contributed by atoms with Crippen LogP contribution in [0.15, 0.2) is 103 Å². The zero-order valence-corrected chi connectivity index (χ0v) is 30.9. The molecule has 4 aliphatic heterocycles. The number of aromatic amines is 1. The molecule has 10 heteroatoms. The fraction of sp³-hybridized carbons (Fsp3) is 0.256. The molecule has 2 atom stereocenters. The van der Waals surface area contributed by atoms with E-state index in [9.17, 15) is 9.59 Å². The van der Waals surface area contributed by atoms with Crippen molar-refractivity contribution in [3.63, 3.8) is 0 Å². The van der Waals surface area contributed by atoms with E-state index >= 15 is 0 Å². The van der Waals surface area contributed by atoms with Crippen molar-refractivity contribution in [2.45, 2.75) is 38.3 Å². The lowest BCUT2D eigenvalue weighted by Gasteiger charge is -2.39. The van der Waals surface area contributed by atoms with Crippen molar-refractivity contribution < 1.29 is 9.59 Å². The Morgan fingerprint density at radius 2 is 1.64 bits per heavy atom. The third-order valence-corrected chi connectivity index (χ3v) is 11.7. The second kappa shape index (κ2) is 13.7. The number of urea groups is 1. The predicted molar refractivity (Wildman–Crippen MR) is 214 cm³/mol. The summed E-state index contributed by atoms with van der Waals surface area (Å²) in [5.41, 5.74) is 9.29. The molecule has 9 rings (SSSR count). The van der Waals surface area contributed by atoms with Crippen LogP contribution in [0.25, 0.3) is 22.2 Å². The summed E-state index contributed by atoms with van der Waals surface area (Å²) < 4.78 is 0. The number of anilines is 2. The highest BCUT2D eigenvalue weighted by molar-refractivity contribution is 6.32. The number of fused-ring (bicyclic) bond motifs is 2. The standard InChI is InChI=1S/C43H40Cl2N6O2/c1-26-8-7-20-51-40(28-13-15-29(44)16-14-28)32-24-30(45)25-34-37(32)38(41(51)36(26)27-9-3-2-4-10-27)39(47-34)42(52)48-33-11-5-6-12-35(33)49-21-17-31(18-22-49)50-23-19-46-43(50)53/h2-7,9-16,20,24-26,31,40,47H,8,17-19,21-23H2,1H3,(H,46,53)(H,48,52). The molecular formula is C43H40Cl2N6O2. The van der Waals surface area contributed by atoms with Gasteiger partial charge in [-0.15, -0.1) is 0 Å². The molecule has 8 nitrogen and oxygen atoms in total. The van der Waals surface area contributed by atoms with E-state index in [2.05, 4.69) is 87.1 Å². The van der Waals surface area contributed by atoms with Gasteiger partial charge in [-0.2, -0.15) is 0 Å². The lowest BCUT2D eigenvalue weighted by molar-refractivity contribution is 0.102. The number of carbonyl (C=O) groups excluding carboxylic acids is 2. The number of nitrogens with zero attached hydrogens (tertiary/aromatic N) is 3. The molecule has 0 bridgehead atoms. The number of halogens is 2. The molecule has 53 heavy (non-hydrogen) atoms. The average molecular weight is 744 g/mol. The number of amides is 3. The Hall–Kier alpha value is -5.18. The Labute approximate surface area is 319 Å². The molecule has 2 unspecified atom stereocenters. The van der Waals surface area contributed by atoms with Gasteiger partial charge in [0.15, 0.2) is 0 Å². The molecule has 0 radical (unpaired) electrons. The number of hydrogen-bond donors (Lipinski definition) is 3. The van der Waals surface area contributed by atoms with Crippen LogP contribution in [0.3, 0.4) is 0 Å². The topological polar surface area (TPSA) is 83.7 Å². The van der Waals surface area contributed by atoms with Gasteiger partial charge in [0.1, 0.15) is 5.69 Å². The third kappa shape index (κ3) is 5.94. The summed E-state index contributed by atoms with van der Waals surface area (Å²) in [6.07, 6.45) is 7.00. The third-order valence-electron chi connectivity index (χ3n) is 11.3. The Morgan fingerprint density at radius 3 is 2.40 bits per heavy atom. The summed E-state index contributed by atoms with van der Waals surface area (Å²) in [6.45, 7) is 5.30. The maximum absolute atomic E-state index is 14.8. The van der Waals surface area contributed by atoms with Gasteiger partial charge in [0.05, 0.1) is 23.1 Å². The first-order chi connectivity index (χ1) is 25.9. The van der Waals surface area contributed by atoms with Crippen LogP contribution >= 0.6 is 23.2 Å². The van der Waals surface area contributed by atoms with E-state index in [-0.39, 0.29) is 29.9 Å². The van der Waals surface area contributed by atoms with E-state index in [0.717, 1.165) is 89.1 Å². The van der Waals surface area contributed by atoms with Gasteiger partial charge in [0.2, 0.25) is 0 Å². The summed E-state index contributed by atoms with van der Waals surface area (Å²) in [7, 11) is 0. The first kappa shape index (κ1) is 33.6. The normalized spacial score (nSPS) is 20.1. The Balaban J connectivity index is 1.17. The molecule has 3 amide bonds. The van der Waals surface area contributed by atoms with Gasteiger partial charge in [0, 0.05) is 64.9 Å². The zero-order chi connectivity index (χ0) is 36.2. The Bertz CT molecular complexity index is 2290. The number of benzene rings is 4. The van der Waals surface area contributed by atoms with E-state index in [0.29, 0.717) is 22.3 Å². The number of rotatable bonds is 6. The molecule has 268 valence electrons. The molecule has 1 aromatic heterocycles. The molecule has 0 spiro atoms. The number of nitrogens with one attached hydrogen (secondary N) is 3. The van der Waals surface area contributed by atoms with Crippen molar-refractivity contribution in [2.75, 3.05) is 36.4 Å². The fourth-order valence-electron chi connectivity index (χ4n) is 8.84. The molecule has 5 heterocycles. The molecule has 5 aromatic rings. The molecule has 4 aliphatic rings. The first-order valence-electron chi connectivity index (χ1n) is 18.4. The average Bonchev–Trinajstić information content (AvgIpc) is 3.73. The molecular weight excluding hydrogens is 703 g/mol. The Morgan fingerprint density at radius 1 is 0.887 bits per heavy atom. The largest absolute Gasteiger partial charge is 0.370 e.